The van der Waals surface area contributed by atoms with Crippen LogP contribution in [0.4, 0.5) is 4.39 Å². The number of benzene rings is 1. The Morgan fingerprint density at radius 3 is 2.36 bits per heavy atom. The fourth-order valence-electron chi connectivity index (χ4n) is 2.32. The third-order valence-corrected chi connectivity index (χ3v) is 3.31. The summed E-state index contributed by atoms with van der Waals surface area (Å²) in [6.45, 7) is 2.06. The first-order valence-electron chi connectivity index (χ1n) is 5.12. The van der Waals surface area contributed by atoms with Crippen LogP contribution in [0.15, 0.2) is 24.3 Å². The fourth-order valence-corrected chi connectivity index (χ4v) is 2.32. The summed E-state index contributed by atoms with van der Waals surface area (Å²) in [5, 5.41) is 9.61. The van der Waals surface area contributed by atoms with Crippen LogP contribution in [0.25, 0.3) is 0 Å². The molecule has 1 N–H and O–H groups in total. The molecule has 0 amide bonds. The average Bonchev–Trinajstić information content (AvgIpc) is 2.50. The van der Waals surface area contributed by atoms with Gasteiger partial charge in [0.05, 0.1) is 6.10 Å². The number of aliphatic hydroxyl groups excluding tert-OH is 1. The van der Waals surface area contributed by atoms with Crippen molar-refractivity contribution < 1.29 is 9.50 Å². The Morgan fingerprint density at radius 2 is 1.86 bits per heavy atom. The van der Waals surface area contributed by atoms with Gasteiger partial charge in [0.15, 0.2) is 0 Å². The van der Waals surface area contributed by atoms with Gasteiger partial charge in [0.2, 0.25) is 0 Å². The quantitative estimate of drug-likeness (QED) is 0.728. The van der Waals surface area contributed by atoms with E-state index < -0.39 is 0 Å². The number of hydrogen-bond acceptors (Lipinski definition) is 1. The van der Waals surface area contributed by atoms with Crippen LogP contribution < -0.4 is 0 Å². The standard InChI is InChI=1S/C12H15FO/c1-8-11(6-7-12(8)14)9-2-4-10(13)5-3-9/h2-5,8,11-12,14H,6-7H2,1H3. The Morgan fingerprint density at radius 1 is 1.21 bits per heavy atom. The van der Waals surface area contributed by atoms with Crippen molar-refractivity contribution in [2.45, 2.75) is 31.8 Å². The van der Waals surface area contributed by atoms with E-state index >= 15 is 0 Å². The highest BCUT2D eigenvalue weighted by atomic mass is 19.1. The summed E-state index contributed by atoms with van der Waals surface area (Å²) in [6.07, 6.45) is 1.68. The number of aliphatic hydroxyl groups is 1. The largest absolute Gasteiger partial charge is 0.393 e. The van der Waals surface area contributed by atoms with Crippen molar-refractivity contribution >= 4 is 0 Å². The van der Waals surface area contributed by atoms with Crippen molar-refractivity contribution in [3.63, 3.8) is 0 Å². The van der Waals surface area contributed by atoms with E-state index in [4.69, 9.17) is 0 Å². The van der Waals surface area contributed by atoms with E-state index in [0.717, 1.165) is 18.4 Å². The molecule has 0 saturated heterocycles. The molecule has 1 fully saturated rings. The number of halogens is 1. The summed E-state index contributed by atoms with van der Waals surface area (Å²) in [7, 11) is 0. The van der Waals surface area contributed by atoms with Gasteiger partial charge in [-0.15, -0.1) is 0 Å². The van der Waals surface area contributed by atoms with Crippen molar-refractivity contribution in [2.24, 2.45) is 5.92 Å². The van der Waals surface area contributed by atoms with Crippen LogP contribution in [-0.2, 0) is 0 Å². The second kappa shape index (κ2) is 3.70. The van der Waals surface area contributed by atoms with E-state index in [-0.39, 0.29) is 11.9 Å². The van der Waals surface area contributed by atoms with Crippen LogP contribution in [0.3, 0.4) is 0 Å². The monoisotopic (exact) mass is 194 g/mol. The highest BCUT2D eigenvalue weighted by Gasteiger charge is 2.32. The van der Waals surface area contributed by atoms with E-state index in [1.807, 2.05) is 12.1 Å². The molecule has 0 bridgehead atoms. The summed E-state index contributed by atoms with van der Waals surface area (Å²) >= 11 is 0. The molecule has 3 atom stereocenters. The van der Waals surface area contributed by atoms with Gasteiger partial charge in [-0.05, 0) is 42.4 Å². The van der Waals surface area contributed by atoms with E-state index in [0.29, 0.717) is 11.8 Å². The lowest BCUT2D eigenvalue weighted by Gasteiger charge is -2.17. The zero-order valence-electron chi connectivity index (χ0n) is 8.28. The SMILES string of the molecule is CC1C(O)CCC1c1ccc(F)cc1. The minimum absolute atomic E-state index is 0.190. The second-order valence-electron chi connectivity index (χ2n) is 4.16. The van der Waals surface area contributed by atoms with Crippen LogP contribution in [-0.4, -0.2) is 11.2 Å². The first kappa shape index (κ1) is 9.66. The summed E-state index contributed by atoms with van der Waals surface area (Å²) in [6, 6.07) is 6.64. The molecule has 0 aromatic heterocycles. The van der Waals surface area contributed by atoms with Gasteiger partial charge < -0.3 is 5.11 Å². The van der Waals surface area contributed by atoms with Gasteiger partial charge in [0.1, 0.15) is 5.82 Å². The van der Waals surface area contributed by atoms with Crippen molar-refractivity contribution in [1.29, 1.82) is 0 Å². The molecular weight excluding hydrogens is 179 g/mol. The van der Waals surface area contributed by atoms with Crippen LogP contribution in [0.5, 0.6) is 0 Å². The van der Waals surface area contributed by atoms with Gasteiger partial charge in [-0.25, -0.2) is 4.39 Å². The van der Waals surface area contributed by atoms with Gasteiger partial charge in [0, 0.05) is 0 Å². The van der Waals surface area contributed by atoms with E-state index in [1.165, 1.54) is 12.1 Å². The topological polar surface area (TPSA) is 20.2 Å². The molecule has 0 heterocycles. The smallest absolute Gasteiger partial charge is 0.123 e. The molecule has 76 valence electrons. The highest BCUT2D eigenvalue weighted by Crippen LogP contribution is 2.39. The van der Waals surface area contributed by atoms with Crippen molar-refractivity contribution in [3.8, 4) is 0 Å². The number of rotatable bonds is 1. The van der Waals surface area contributed by atoms with Gasteiger partial charge in [0.25, 0.3) is 0 Å². The Hall–Kier alpha value is -0.890. The van der Waals surface area contributed by atoms with Gasteiger partial charge in [-0.2, -0.15) is 0 Å². The van der Waals surface area contributed by atoms with Crippen LogP contribution >= 0.6 is 0 Å². The summed E-state index contributed by atoms with van der Waals surface area (Å²) in [5.74, 6) is 0.492. The van der Waals surface area contributed by atoms with Crippen LogP contribution in [0.2, 0.25) is 0 Å². The molecule has 0 radical (unpaired) electrons. The first-order valence-corrected chi connectivity index (χ1v) is 5.12. The molecule has 1 nitrogen and oxygen atoms in total. The molecule has 1 aromatic carbocycles. The molecular formula is C12H15FO. The lowest BCUT2D eigenvalue weighted by Crippen LogP contribution is -2.13. The van der Waals surface area contributed by atoms with E-state index in [2.05, 4.69) is 6.92 Å². The van der Waals surface area contributed by atoms with E-state index in [9.17, 15) is 9.50 Å². The molecule has 1 aliphatic rings. The van der Waals surface area contributed by atoms with Gasteiger partial charge in [-0.3, -0.25) is 0 Å². The highest BCUT2D eigenvalue weighted by molar-refractivity contribution is 5.22. The molecule has 1 aromatic rings. The predicted octanol–water partition coefficient (Wildman–Crippen LogP) is 2.70. The normalized spacial score (nSPS) is 32.1. The molecule has 2 heteroatoms. The Kier molecular flexibility index (Phi) is 2.55. The van der Waals surface area contributed by atoms with Crippen molar-refractivity contribution in [2.75, 3.05) is 0 Å². The first-order chi connectivity index (χ1) is 6.68. The molecule has 1 aliphatic carbocycles. The maximum absolute atomic E-state index is 12.7. The molecule has 0 aliphatic heterocycles. The van der Waals surface area contributed by atoms with E-state index in [1.54, 1.807) is 0 Å². The van der Waals surface area contributed by atoms with Crippen molar-refractivity contribution in [1.82, 2.24) is 0 Å². The molecule has 3 unspecified atom stereocenters. The summed E-state index contributed by atoms with van der Waals surface area (Å²) < 4.78 is 12.7. The Bertz CT molecular complexity index is 307. The van der Waals surface area contributed by atoms with Gasteiger partial charge >= 0.3 is 0 Å². The molecule has 14 heavy (non-hydrogen) atoms. The third-order valence-electron chi connectivity index (χ3n) is 3.31. The van der Waals surface area contributed by atoms with Crippen LogP contribution in [0, 0.1) is 11.7 Å². The predicted molar refractivity (Wildman–Crippen MR) is 53.5 cm³/mol. The maximum Gasteiger partial charge on any atom is 0.123 e. The zero-order valence-corrected chi connectivity index (χ0v) is 8.28. The zero-order chi connectivity index (χ0) is 10.1. The summed E-state index contributed by atoms with van der Waals surface area (Å²) in [5.41, 5.74) is 1.15. The third kappa shape index (κ3) is 1.67. The maximum atomic E-state index is 12.7. The lowest BCUT2D eigenvalue weighted by atomic mass is 9.90. The van der Waals surface area contributed by atoms with Crippen LogP contribution in [0.1, 0.15) is 31.2 Å². The Labute approximate surface area is 83.6 Å². The second-order valence-corrected chi connectivity index (χ2v) is 4.16. The summed E-state index contributed by atoms with van der Waals surface area (Å²) in [4.78, 5) is 0. The minimum atomic E-state index is -0.194. The van der Waals surface area contributed by atoms with Gasteiger partial charge in [-0.1, -0.05) is 19.1 Å². The fraction of sp³-hybridized carbons (Fsp3) is 0.500. The number of hydrogen-bond donors (Lipinski definition) is 1. The lowest BCUT2D eigenvalue weighted by molar-refractivity contribution is 0.136. The minimum Gasteiger partial charge on any atom is -0.393 e. The average molecular weight is 194 g/mol. The molecule has 1 saturated carbocycles. The van der Waals surface area contributed by atoms with Crippen molar-refractivity contribution in [3.05, 3.63) is 35.6 Å². The molecule has 0 spiro atoms. The Balaban J connectivity index is 2.19. The molecule has 2 rings (SSSR count).